The number of fused-ring (bicyclic) bond motifs is 2. The first-order valence-corrected chi connectivity index (χ1v) is 14.0. The molecule has 1 atom stereocenters. The Morgan fingerprint density at radius 3 is 2.33 bits per heavy atom. The van der Waals surface area contributed by atoms with E-state index in [-0.39, 0.29) is 17.9 Å². The van der Waals surface area contributed by atoms with E-state index in [1.807, 2.05) is 29.7 Å². The summed E-state index contributed by atoms with van der Waals surface area (Å²) in [6.07, 6.45) is 1.77. The molecule has 2 amide bonds. The van der Waals surface area contributed by atoms with Gasteiger partial charge in [-0.1, -0.05) is 37.8 Å². The molecule has 1 unspecified atom stereocenters. The van der Waals surface area contributed by atoms with Crippen molar-refractivity contribution in [1.29, 1.82) is 0 Å². The van der Waals surface area contributed by atoms with Crippen LogP contribution >= 0.6 is 0 Å². The number of nitrogens with zero attached hydrogens (tertiary/aromatic N) is 3. The van der Waals surface area contributed by atoms with E-state index in [9.17, 15) is 9.59 Å². The van der Waals surface area contributed by atoms with Crippen molar-refractivity contribution in [3.8, 4) is 0 Å². The molecule has 2 aromatic carbocycles. The van der Waals surface area contributed by atoms with Gasteiger partial charge in [-0.2, -0.15) is 0 Å². The largest absolute Gasteiger partial charge is 0.361 e. The minimum absolute atomic E-state index is 0.246. The lowest BCUT2D eigenvalue weighted by atomic mass is 10.1. The summed E-state index contributed by atoms with van der Waals surface area (Å²) in [6, 6.07) is 13.6. The van der Waals surface area contributed by atoms with Gasteiger partial charge in [0.05, 0.1) is 34.5 Å². The number of aromatic nitrogens is 2. The standard InChI is InChI=1S/C23H27N3O3Si/c1-16(26-22(27)18-7-5-6-8-19(18)23(26)28)17-9-10-21-20(13-17)24-14-25(21)15-29-11-12-30(2,3)4/h5-10,13-14,16H,11-12,15H2,1-4H3. The molecule has 1 aliphatic heterocycles. The number of hydrogen-bond acceptors (Lipinski definition) is 4. The molecule has 0 aliphatic carbocycles. The Labute approximate surface area is 177 Å². The number of benzene rings is 2. The summed E-state index contributed by atoms with van der Waals surface area (Å²) in [6.45, 7) is 10.1. The number of carbonyl (C=O) groups excluding carboxylic acids is 2. The van der Waals surface area contributed by atoms with Gasteiger partial charge in [-0.3, -0.25) is 14.5 Å². The average Bonchev–Trinajstić information content (AvgIpc) is 3.23. The SMILES string of the molecule is CC(c1ccc2c(c1)ncn2COCC[Si](C)(C)C)N1C(=O)c2ccccc2C1=O. The summed E-state index contributed by atoms with van der Waals surface area (Å²) in [5.74, 6) is -0.492. The highest BCUT2D eigenvalue weighted by molar-refractivity contribution is 6.76. The number of amides is 2. The van der Waals surface area contributed by atoms with Gasteiger partial charge in [0.2, 0.25) is 0 Å². The average molecular weight is 422 g/mol. The van der Waals surface area contributed by atoms with Crippen LogP contribution in [0.2, 0.25) is 25.7 Å². The number of hydrogen-bond donors (Lipinski definition) is 0. The van der Waals surface area contributed by atoms with Crippen LogP contribution in [-0.4, -0.2) is 40.9 Å². The predicted molar refractivity (Wildman–Crippen MR) is 119 cm³/mol. The predicted octanol–water partition coefficient (Wildman–Crippen LogP) is 4.71. The van der Waals surface area contributed by atoms with Crippen LogP contribution in [0.1, 0.15) is 39.2 Å². The first-order valence-electron chi connectivity index (χ1n) is 10.3. The maximum absolute atomic E-state index is 12.8. The minimum Gasteiger partial charge on any atom is -0.361 e. The second-order valence-corrected chi connectivity index (χ2v) is 14.6. The van der Waals surface area contributed by atoms with Crippen molar-refractivity contribution in [2.24, 2.45) is 0 Å². The molecule has 2 heterocycles. The molecule has 156 valence electrons. The molecule has 7 heteroatoms. The maximum Gasteiger partial charge on any atom is 0.262 e. The van der Waals surface area contributed by atoms with Crippen LogP contribution in [0, 0.1) is 0 Å². The summed E-state index contributed by atoms with van der Waals surface area (Å²) >= 11 is 0. The van der Waals surface area contributed by atoms with E-state index >= 15 is 0 Å². The van der Waals surface area contributed by atoms with Crippen molar-refractivity contribution in [2.75, 3.05) is 6.61 Å². The third-order valence-corrected chi connectivity index (χ3v) is 7.27. The molecule has 0 bridgehead atoms. The molecular weight excluding hydrogens is 394 g/mol. The van der Waals surface area contributed by atoms with Crippen LogP contribution in [0.25, 0.3) is 11.0 Å². The molecule has 30 heavy (non-hydrogen) atoms. The number of imide groups is 1. The normalized spacial score (nSPS) is 15.1. The fourth-order valence-corrected chi connectivity index (χ4v) is 4.45. The van der Waals surface area contributed by atoms with Gasteiger partial charge in [0, 0.05) is 14.7 Å². The summed E-state index contributed by atoms with van der Waals surface area (Å²) in [4.78, 5) is 31.4. The van der Waals surface area contributed by atoms with E-state index in [0.29, 0.717) is 17.9 Å². The molecule has 0 spiro atoms. The Morgan fingerprint density at radius 2 is 1.70 bits per heavy atom. The molecule has 0 radical (unpaired) electrons. The van der Waals surface area contributed by atoms with Crippen LogP contribution in [0.3, 0.4) is 0 Å². The first-order chi connectivity index (χ1) is 14.3. The summed E-state index contributed by atoms with van der Waals surface area (Å²) < 4.78 is 7.83. The molecule has 3 aromatic rings. The Balaban J connectivity index is 1.51. The first kappa shape index (κ1) is 20.5. The van der Waals surface area contributed by atoms with Gasteiger partial charge in [0.15, 0.2) is 0 Å². The summed E-state index contributed by atoms with van der Waals surface area (Å²) in [5, 5.41) is 0. The maximum atomic E-state index is 12.8. The van der Waals surface area contributed by atoms with Crippen molar-refractivity contribution >= 4 is 30.9 Å². The molecule has 4 rings (SSSR count). The van der Waals surface area contributed by atoms with E-state index in [4.69, 9.17) is 4.74 Å². The van der Waals surface area contributed by atoms with E-state index in [1.165, 1.54) is 4.90 Å². The highest BCUT2D eigenvalue weighted by atomic mass is 28.3. The van der Waals surface area contributed by atoms with E-state index in [0.717, 1.165) is 29.2 Å². The molecule has 1 aliphatic rings. The second kappa shape index (κ2) is 7.81. The Hall–Kier alpha value is -2.77. The molecule has 0 N–H and O–H groups in total. The Bertz CT molecular complexity index is 1080. The van der Waals surface area contributed by atoms with Crippen molar-refractivity contribution in [2.45, 2.75) is 45.4 Å². The van der Waals surface area contributed by atoms with Crippen molar-refractivity contribution in [1.82, 2.24) is 14.5 Å². The van der Waals surface area contributed by atoms with Crippen molar-refractivity contribution in [3.05, 3.63) is 65.5 Å². The number of carbonyl (C=O) groups is 2. The highest BCUT2D eigenvalue weighted by Crippen LogP contribution is 2.32. The number of rotatable bonds is 7. The molecule has 0 saturated heterocycles. The van der Waals surface area contributed by atoms with Crippen LogP contribution in [0.5, 0.6) is 0 Å². The smallest absolute Gasteiger partial charge is 0.262 e. The van der Waals surface area contributed by atoms with Crippen molar-refractivity contribution in [3.63, 3.8) is 0 Å². The zero-order chi connectivity index (χ0) is 21.5. The Kier molecular flexibility index (Phi) is 5.34. The van der Waals surface area contributed by atoms with Gasteiger partial charge >= 0.3 is 0 Å². The van der Waals surface area contributed by atoms with E-state index < -0.39 is 8.07 Å². The van der Waals surface area contributed by atoms with Gasteiger partial charge in [-0.05, 0) is 42.8 Å². The monoisotopic (exact) mass is 421 g/mol. The van der Waals surface area contributed by atoms with Gasteiger partial charge in [-0.25, -0.2) is 4.98 Å². The van der Waals surface area contributed by atoms with Crippen LogP contribution in [0.4, 0.5) is 0 Å². The zero-order valence-corrected chi connectivity index (χ0v) is 18.9. The Morgan fingerprint density at radius 1 is 1.03 bits per heavy atom. The third kappa shape index (κ3) is 3.82. The number of ether oxygens (including phenoxy) is 1. The van der Waals surface area contributed by atoms with Gasteiger partial charge in [0.25, 0.3) is 11.8 Å². The zero-order valence-electron chi connectivity index (χ0n) is 17.9. The lowest BCUT2D eigenvalue weighted by Gasteiger charge is -2.23. The molecule has 0 fully saturated rings. The quantitative estimate of drug-likeness (QED) is 0.315. The summed E-state index contributed by atoms with van der Waals surface area (Å²) in [7, 11) is -1.11. The van der Waals surface area contributed by atoms with Gasteiger partial charge in [0.1, 0.15) is 6.73 Å². The van der Waals surface area contributed by atoms with Crippen molar-refractivity contribution < 1.29 is 14.3 Å². The fourth-order valence-electron chi connectivity index (χ4n) is 3.69. The number of imidazole rings is 1. The van der Waals surface area contributed by atoms with Gasteiger partial charge in [-0.15, -0.1) is 0 Å². The van der Waals surface area contributed by atoms with Gasteiger partial charge < -0.3 is 9.30 Å². The molecular formula is C23H27N3O3Si. The fraction of sp³-hybridized carbons (Fsp3) is 0.348. The van der Waals surface area contributed by atoms with E-state index in [2.05, 4.69) is 24.6 Å². The molecule has 0 saturated carbocycles. The lowest BCUT2D eigenvalue weighted by molar-refractivity contribution is 0.0595. The molecule has 6 nitrogen and oxygen atoms in total. The summed E-state index contributed by atoms with van der Waals surface area (Å²) in [5.41, 5.74) is 3.61. The topological polar surface area (TPSA) is 64.4 Å². The highest BCUT2D eigenvalue weighted by Gasteiger charge is 2.38. The lowest BCUT2D eigenvalue weighted by Crippen LogP contribution is -2.32. The van der Waals surface area contributed by atoms with Crippen LogP contribution in [-0.2, 0) is 11.5 Å². The van der Waals surface area contributed by atoms with Crippen LogP contribution in [0.15, 0.2) is 48.8 Å². The molecule has 1 aromatic heterocycles. The third-order valence-electron chi connectivity index (χ3n) is 5.57. The minimum atomic E-state index is -1.11. The van der Waals surface area contributed by atoms with E-state index in [1.54, 1.807) is 30.6 Å². The second-order valence-electron chi connectivity index (χ2n) is 9.01. The van der Waals surface area contributed by atoms with Crippen LogP contribution < -0.4 is 0 Å².